The molecule has 2 N–H and O–H groups in total. The summed E-state index contributed by atoms with van der Waals surface area (Å²) in [5, 5.41) is 1.12. The third kappa shape index (κ3) is 1.49. The average Bonchev–Trinajstić information content (AvgIpc) is 2.26. The minimum absolute atomic E-state index is 0.299. The molecule has 0 spiro atoms. The first kappa shape index (κ1) is 8.80. The van der Waals surface area contributed by atoms with Crippen LogP contribution in [0.1, 0.15) is 17.7 Å². The zero-order valence-electron chi connectivity index (χ0n) is 8.48. The number of fused-ring (bicyclic) bond motifs is 2. The van der Waals surface area contributed by atoms with Crippen molar-refractivity contribution in [2.75, 3.05) is 0 Å². The monoisotopic (exact) mass is 199 g/mol. The minimum Gasteiger partial charge on any atom is -0.327 e. The van der Waals surface area contributed by atoms with E-state index in [0.717, 1.165) is 30.3 Å². The number of pyridine rings is 2. The molecule has 1 aliphatic carbocycles. The number of aryl methyl sites for hydroxylation is 1. The Balaban J connectivity index is 2.20. The molecular weight excluding hydrogens is 186 g/mol. The van der Waals surface area contributed by atoms with E-state index in [1.165, 1.54) is 11.3 Å². The van der Waals surface area contributed by atoms with Crippen molar-refractivity contribution in [3.05, 3.63) is 35.7 Å². The summed E-state index contributed by atoms with van der Waals surface area (Å²) in [4.78, 5) is 8.85. The molecule has 1 atom stereocenters. The van der Waals surface area contributed by atoms with E-state index in [1.54, 1.807) is 6.20 Å². The third-order valence-electron chi connectivity index (χ3n) is 2.99. The predicted molar refractivity (Wildman–Crippen MR) is 59.5 cm³/mol. The third-order valence-corrected chi connectivity index (χ3v) is 2.99. The number of nitrogens with two attached hydrogens (primary N) is 1. The highest BCUT2D eigenvalue weighted by molar-refractivity contribution is 5.75. The first-order valence-corrected chi connectivity index (χ1v) is 5.32. The quantitative estimate of drug-likeness (QED) is 0.698. The molecule has 76 valence electrons. The van der Waals surface area contributed by atoms with Crippen LogP contribution in [0, 0.1) is 0 Å². The van der Waals surface area contributed by atoms with Crippen LogP contribution in [0.4, 0.5) is 0 Å². The van der Waals surface area contributed by atoms with Crippen molar-refractivity contribution in [3.63, 3.8) is 0 Å². The van der Waals surface area contributed by atoms with Gasteiger partial charge < -0.3 is 5.73 Å². The lowest BCUT2D eigenvalue weighted by molar-refractivity contribution is 0.568. The van der Waals surface area contributed by atoms with Crippen molar-refractivity contribution in [1.82, 2.24) is 9.97 Å². The predicted octanol–water partition coefficient (Wildman–Crippen LogP) is 1.45. The molecule has 0 fully saturated rings. The van der Waals surface area contributed by atoms with Gasteiger partial charge in [0.2, 0.25) is 0 Å². The largest absolute Gasteiger partial charge is 0.327 e. The van der Waals surface area contributed by atoms with Gasteiger partial charge >= 0.3 is 0 Å². The Morgan fingerprint density at radius 1 is 1.40 bits per heavy atom. The van der Waals surface area contributed by atoms with Crippen LogP contribution >= 0.6 is 0 Å². The van der Waals surface area contributed by atoms with Gasteiger partial charge in [-0.2, -0.15) is 0 Å². The first-order chi connectivity index (χ1) is 7.33. The maximum atomic E-state index is 5.95. The molecule has 1 unspecified atom stereocenters. The smallest absolute Gasteiger partial charge is 0.159 e. The summed E-state index contributed by atoms with van der Waals surface area (Å²) < 4.78 is 0. The van der Waals surface area contributed by atoms with Crippen molar-refractivity contribution in [1.29, 1.82) is 0 Å². The standard InChI is InChI=1S/C12H13N3/c13-10-3-4-11-9(7-10)6-8-2-1-5-14-12(8)15-11/h1-2,5-6,10H,3-4,7,13H2. The van der Waals surface area contributed by atoms with Crippen LogP contribution in [-0.2, 0) is 12.8 Å². The van der Waals surface area contributed by atoms with Gasteiger partial charge in [-0.05, 0) is 43.0 Å². The Kier molecular flexibility index (Phi) is 1.92. The van der Waals surface area contributed by atoms with Crippen LogP contribution in [-0.4, -0.2) is 16.0 Å². The number of rotatable bonds is 0. The van der Waals surface area contributed by atoms with Crippen LogP contribution in [0.2, 0.25) is 0 Å². The summed E-state index contributed by atoms with van der Waals surface area (Å²) in [6, 6.07) is 6.48. The first-order valence-electron chi connectivity index (χ1n) is 5.32. The summed E-state index contributed by atoms with van der Waals surface area (Å²) in [5.41, 5.74) is 9.29. The fraction of sp³-hybridized carbons (Fsp3) is 0.333. The van der Waals surface area contributed by atoms with Crippen LogP contribution in [0.25, 0.3) is 11.0 Å². The van der Waals surface area contributed by atoms with Crippen molar-refractivity contribution in [2.45, 2.75) is 25.3 Å². The molecule has 2 heterocycles. The van der Waals surface area contributed by atoms with Crippen molar-refractivity contribution < 1.29 is 0 Å². The second-order valence-electron chi connectivity index (χ2n) is 4.15. The lowest BCUT2D eigenvalue weighted by Crippen LogP contribution is -2.28. The van der Waals surface area contributed by atoms with Crippen molar-refractivity contribution in [2.24, 2.45) is 5.73 Å². The summed E-state index contributed by atoms with van der Waals surface area (Å²) >= 11 is 0. The Hall–Kier alpha value is -1.48. The van der Waals surface area contributed by atoms with Gasteiger partial charge in [0.25, 0.3) is 0 Å². The van der Waals surface area contributed by atoms with Gasteiger partial charge in [-0.25, -0.2) is 9.97 Å². The second-order valence-corrected chi connectivity index (χ2v) is 4.15. The van der Waals surface area contributed by atoms with E-state index in [-0.39, 0.29) is 0 Å². The Morgan fingerprint density at radius 2 is 2.33 bits per heavy atom. The van der Waals surface area contributed by atoms with Gasteiger partial charge in [0.15, 0.2) is 5.65 Å². The van der Waals surface area contributed by atoms with Gasteiger partial charge in [0.1, 0.15) is 0 Å². The average molecular weight is 199 g/mol. The molecule has 0 bridgehead atoms. The molecule has 0 amide bonds. The molecule has 0 aliphatic heterocycles. The number of aromatic nitrogens is 2. The van der Waals surface area contributed by atoms with E-state index in [0.29, 0.717) is 6.04 Å². The van der Waals surface area contributed by atoms with Crippen LogP contribution in [0.3, 0.4) is 0 Å². The van der Waals surface area contributed by atoms with Gasteiger partial charge in [0.05, 0.1) is 0 Å². The molecule has 1 aliphatic rings. The minimum atomic E-state index is 0.299. The fourth-order valence-corrected chi connectivity index (χ4v) is 2.19. The van der Waals surface area contributed by atoms with Crippen LogP contribution in [0.15, 0.2) is 24.4 Å². The topological polar surface area (TPSA) is 51.8 Å². The van der Waals surface area contributed by atoms with E-state index in [9.17, 15) is 0 Å². The Labute approximate surface area is 88.3 Å². The van der Waals surface area contributed by atoms with E-state index < -0.39 is 0 Å². The molecule has 2 aromatic rings. The van der Waals surface area contributed by atoms with Crippen molar-refractivity contribution in [3.8, 4) is 0 Å². The SMILES string of the molecule is NC1CCc2nc3ncccc3cc2C1. The van der Waals surface area contributed by atoms with Gasteiger partial charge in [-0.15, -0.1) is 0 Å². The lowest BCUT2D eigenvalue weighted by atomic mass is 9.92. The maximum Gasteiger partial charge on any atom is 0.159 e. The summed E-state index contributed by atoms with van der Waals surface area (Å²) in [6.07, 6.45) is 4.77. The van der Waals surface area contributed by atoms with E-state index in [2.05, 4.69) is 22.1 Å². The van der Waals surface area contributed by atoms with E-state index in [4.69, 9.17) is 5.73 Å². The summed E-state index contributed by atoms with van der Waals surface area (Å²) in [6.45, 7) is 0. The second kappa shape index (κ2) is 3.28. The van der Waals surface area contributed by atoms with Crippen molar-refractivity contribution >= 4 is 11.0 Å². The summed E-state index contributed by atoms with van der Waals surface area (Å²) in [5.74, 6) is 0. The summed E-state index contributed by atoms with van der Waals surface area (Å²) in [7, 11) is 0. The maximum absolute atomic E-state index is 5.95. The number of nitrogens with zero attached hydrogens (tertiary/aromatic N) is 2. The van der Waals surface area contributed by atoms with Gasteiger partial charge in [-0.1, -0.05) is 0 Å². The number of hydrogen-bond acceptors (Lipinski definition) is 3. The van der Waals surface area contributed by atoms with Gasteiger partial charge in [0, 0.05) is 23.3 Å². The highest BCUT2D eigenvalue weighted by Crippen LogP contribution is 2.22. The zero-order valence-corrected chi connectivity index (χ0v) is 8.48. The molecule has 0 saturated heterocycles. The lowest BCUT2D eigenvalue weighted by Gasteiger charge is -2.20. The molecule has 3 rings (SSSR count). The van der Waals surface area contributed by atoms with Crippen LogP contribution < -0.4 is 5.73 Å². The molecule has 2 aromatic heterocycles. The fourth-order valence-electron chi connectivity index (χ4n) is 2.19. The van der Waals surface area contributed by atoms with E-state index >= 15 is 0 Å². The molecule has 0 radical (unpaired) electrons. The molecule has 3 heteroatoms. The van der Waals surface area contributed by atoms with Crippen LogP contribution in [0.5, 0.6) is 0 Å². The van der Waals surface area contributed by atoms with Gasteiger partial charge in [-0.3, -0.25) is 0 Å². The molecule has 15 heavy (non-hydrogen) atoms. The molecule has 0 aromatic carbocycles. The van der Waals surface area contributed by atoms with E-state index in [1.807, 2.05) is 6.07 Å². The number of hydrogen-bond donors (Lipinski definition) is 1. The molecular formula is C12H13N3. The highest BCUT2D eigenvalue weighted by atomic mass is 14.8. The zero-order chi connectivity index (χ0) is 10.3. The Morgan fingerprint density at radius 3 is 3.27 bits per heavy atom. The normalized spacial score (nSPS) is 20.2. The highest BCUT2D eigenvalue weighted by Gasteiger charge is 2.17. The molecule has 0 saturated carbocycles. The molecule has 3 nitrogen and oxygen atoms in total. The Bertz CT molecular complexity index is 507.